The number of aromatic carboxylic acids is 1. The van der Waals surface area contributed by atoms with Crippen LogP contribution in [0.1, 0.15) is 54.6 Å². The average molecular weight is 265 g/mol. The van der Waals surface area contributed by atoms with Crippen molar-refractivity contribution in [2.24, 2.45) is 13.0 Å². The number of aromatic nitrogens is 2. The lowest BCUT2D eigenvalue weighted by molar-refractivity contribution is 0.0695. The Bertz CT molecular complexity index is 422. The van der Waals surface area contributed by atoms with Crippen LogP contribution in [0, 0.1) is 5.92 Å². The van der Waals surface area contributed by atoms with Crippen LogP contribution in [0.15, 0.2) is 6.20 Å². The van der Waals surface area contributed by atoms with Gasteiger partial charge in [-0.2, -0.15) is 5.10 Å². The number of hydrogen-bond donors (Lipinski definition) is 2. The lowest BCUT2D eigenvalue weighted by atomic mass is 9.87. The van der Waals surface area contributed by atoms with Gasteiger partial charge in [0, 0.05) is 13.6 Å². The van der Waals surface area contributed by atoms with Gasteiger partial charge in [0.15, 0.2) is 0 Å². The van der Waals surface area contributed by atoms with Gasteiger partial charge in [0.1, 0.15) is 5.56 Å². The average Bonchev–Trinajstić information content (AvgIpc) is 2.77. The normalized spacial score (nSPS) is 16.7. The first-order chi connectivity index (χ1) is 9.18. The number of nitrogens with one attached hydrogen (secondary N) is 1. The number of carboxylic acid groups (broad SMARTS) is 1. The Labute approximate surface area is 114 Å². The van der Waals surface area contributed by atoms with Crippen molar-refractivity contribution >= 4 is 5.97 Å². The Kier molecular flexibility index (Phi) is 4.96. The summed E-state index contributed by atoms with van der Waals surface area (Å²) in [7, 11) is 1.78. The molecule has 0 atom stereocenters. The molecule has 5 nitrogen and oxygen atoms in total. The van der Waals surface area contributed by atoms with E-state index in [0.29, 0.717) is 12.1 Å². The van der Waals surface area contributed by atoms with Crippen molar-refractivity contribution in [3.8, 4) is 0 Å². The van der Waals surface area contributed by atoms with Crippen molar-refractivity contribution in [1.29, 1.82) is 0 Å². The monoisotopic (exact) mass is 265 g/mol. The van der Waals surface area contributed by atoms with Gasteiger partial charge in [0.2, 0.25) is 0 Å². The topological polar surface area (TPSA) is 67.2 Å². The number of rotatable bonds is 6. The van der Waals surface area contributed by atoms with E-state index in [4.69, 9.17) is 5.11 Å². The molecule has 0 aromatic carbocycles. The Morgan fingerprint density at radius 2 is 2.21 bits per heavy atom. The van der Waals surface area contributed by atoms with Crippen LogP contribution >= 0.6 is 0 Å². The molecule has 1 fully saturated rings. The van der Waals surface area contributed by atoms with Crippen LogP contribution in [-0.2, 0) is 13.6 Å². The summed E-state index contributed by atoms with van der Waals surface area (Å²) < 4.78 is 1.64. The van der Waals surface area contributed by atoms with Crippen LogP contribution in [0.3, 0.4) is 0 Å². The molecular formula is C14H23N3O2. The Morgan fingerprint density at radius 1 is 1.47 bits per heavy atom. The van der Waals surface area contributed by atoms with Gasteiger partial charge in [-0.3, -0.25) is 4.68 Å². The minimum atomic E-state index is -0.905. The Hall–Kier alpha value is -1.36. The van der Waals surface area contributed by atoms with Gasteiger partial charge in [-0.1, -0.05) is 32.1 Å². The molecule has 106 valence electrons. The number of carboxylic acids is 1. The molecule has 0 spiro atoms. The zero-order valence-corrected chi connectivity index (χ0v) is 11.6. The summed E-state index contributed by atoms with van der Waals surface area (Å²) in [4.78, 5) is 11.0. The van der Waals surface area contributed by atoms with Gasteiger partial charge >= 0.3 is 5.97 Å². The van der Waals surface area contributed by atoms with E-state index in [0.717, 1.165) is 18.2 Å². The summed E-state index contributed by atoms with van der Waals surface area (Å²) in [6.07, 6.45) is 9.45. The molecule has 5 heteroatoms. The van der Waals surface area contributed by atoms with Crippen molar-refractivity contribution in [2.45, 2.75) is 45.1 Å². The second-order valence-electron chi connectivity index (χ2n) is 5.40. The smallest absolute Gasteiger partial charge is 0.339 e. The van der Waals surface area contributed by atoms with Crippen LogP contribution in [0.25, 0.3) is 0 Å². The molecule has 1 aromatic rings. The molecule has 0 amide bonds. The Balaban J connectivity index is 1.76. The minimum absolute atomic E-state index is 0.299. The van der Waals surface area contributed by atoms with E-state index >= 15 is 0 Å². The molecule has 2 rings (SSSR count). The zero-order chi connectivity index (χ0) is 13.7. The fourth-order valence-electron chi connectivity index (χ4n) is 2.84. The van der Waals surface area contributed by atoms with Crippen LogP contribution in [0.5, 0.6) is 0 Å². The maximum Gasteiger partial charge on any atom is 0.339 e. The molecule has 1 heterocycles. The largest absolute Gasteiger partial charge is 0.478 e. The number of nitrogens with zero attached hydrogens (tertiary/aromatic N) is 2. The molecule has 19 heavy (non-hydrogen) atoms. The first-order valence-corrected chi connectivity index (χ1v) is 7.13. The van der Waals surface area contributed by atoms with E-state index in [-0.39, 0.29) is 0 Å². The fourth-order valence-corrected chi connectivity index (χ4v) is 2.84. The van der Waals surface area contributed by atoms with E-state index in [1.807, 2.05) is 0 Å². The van der Waals surface area contributed by atoms with Gasteiger partial charge in [0.25, 0.3) is 0 Å². The van der Waals surface area contributed by atoms with Gasteiger partial charge in [-0.05, 0) is 18.9 Å². The SMILES string of the molecule is Cn1ncc(C(=O)O)c1CNCCC1CCCCC1. The van der Waals surface area contributed by atoms with Crippen molar-refractivity contribution in [1.82, 2.24) is 15.1 Å². The number of carbonyl (C=O) groups is 1. The standard InChI is InChI=1S/C14H23N3O2/c1-17-13(12(9-16-17)14(18)19)10-15-8-7-11-5-3-2-4-6-11/h9,11,15H,2-8,10H2,1H3,(H,18,19). The van der Waals surface area contributed by atoms with Gasteiger partial charge in [-0.15, -0.1) is 0 Å². The summed E-state index contributed by atoms with van der Waals surface area (Å²) in [5, 5.41) is 16.4. The molecule has 0 bridgehead atoms. The maximum atomic E-state index is 11.0. The molecule has 0 saturated heterocycles. The quantitative estimate of drug-likeness (QED) is 0.774. The highest BCUT2D eigenvalue weighted by atomic mass is 16.4. The van der Waals surface area contributed by atoms with E-state index in [2.05, 4.69) is 10.4 Å². The van der Waals surface area contributed by atoms with Crippen LogP contribution < -0.4 is 5.32 Å². The van der Waals surface area contributed by atoms with Crippen molar-refractivity contribution in [3.05, 3.63) is 17.5 Å². The Morgan fingerprint density at radius 3 is 2.89 bits per heavy atom. The summed E-state index contributed by atoms with van der Waals surface area (Å²) in [5.74, 6) is -0.0519. The van der Waals surface area contributed by atoms with E-state index < -0.39 is 5.97 Å². The zero-order valence-electron chi connectivity index (χ0n) is 11.6. The fraction of sp³-hybridized carbons (Fsp3) is 0.714. The van der Waals surface area contributed by atoms with E-state index in [1.54, 1.807) is 11.7 Å². The number of hydrogen-bond acceptors (Lipinski definition) is 3. The third-order valence-corrected chi connectivity index (χ3v) is 4.04. The maximum absolute atomic E-state index is 11.0. The predicted molar refractivity (Wildman–Crippen MR) is 73.1 cm³/mol. The van der Waals surface area contributed by atoms with E-state index in [1.165, 1.54) is 44.7 Å². The molecule has 2 N–H and O–H groups in total. The molecule has 1 saturated carbocycles. The summed E-state index contributed by atoms with van der Waals surface area (Å²) >= 11 is 0. The molecular weight excluding hydrogens is 242 g/mol. The molecule has 1 aromatic heterocycles. The third-order valence-electron chi connectivity index (χ3n) is 4.04. The molecule has 0 aliphatic heterocycles. The second kappa shape index (κ2) is 6.70. The minimum Gasteiger partial charge on any atom is -0.478 e. The second-order valence-corrected chi connectivity index (χ2v) is 5.40. The van der Waals surface area contributed by atoms with E-state index in [9.17, 15) is 4.79 Å². The summed E-state index contributed by atoms with van der Waals surface area (Å²) in [6, 6.07) is 0. The van der Waals surface area contributed by atoms with Gasteiger partial charge in [0.05, 0.1) is 11.9 Å². The molecule has 0 radical (unpaired) electrons. The first-order valence-electron chi connectivity index (χ1n) is 7.13. The van der Waals surface area contributed by atoms with Crippen LogP contribution in [-0.4, -0.2) is 27.4 Å². The van der Waals surface area contributed by atoms with Crippen LogP contribution in [0.4, 0.5) is 0 Å². The lowest BCUT2D eigenvalue weighted by Crippen LogP contribution is -2.21. The van der Waals surface area contributed by atoms with Crippen molar-refractivity contribution in [3.63, 3.8) is 0 Å². The van der Waals surface area contributed by atoms with Gasteiger partial charge < -0.3 is 10.4 Å². The van der Waals surface area contributed by atoms with Crippen molar-refractivity contribution < 1.29 is 9.90 Å². The third kappa shape index (κ3) is 3.80. The highest BCUT2D eigenvalue weighted by molar-refractivity contribution is 5.88. The molecule has 1 aliphatic carbocycles. The summed E-state index contributed by atoms with van der Waals surface area (Å²) in [6.45, 7) is 1.53. The first kappa shape index (κ1) is 14.1. The van der Waals surface area contributed by atoms with Crippen molar-refractivity contribution in [2.75, 3.05) is 6.54 Å². The highest BCUT2D eigenvalue weighted by Gasteiger charge is 2.15. The van der Waals surface area contributed by atoms with Gasteiger partial charge in [-0.25, -0.2) is 4.79 Å². The predicted octanol–water partition coefficient (Wildman–Crippen LogP) is 2.18. The lowest BCUT2D eigenvalue weighted by Gasteiger charge is -2.21. The molecule has 0 unspecified atom stereocenters. The summed E-state index contributed by atoms with van der Waals surface area (Å²) in [5.41, 5.74) is 1.05. The molecule has 1 aliphatic rings. The number of aryl methyl sites for hydroxylation is 1. The highest BCUT2D eigenvalue weighted by Crippen LogP contribution is 2.25. The van der Waals surface area contributed by atoms with Crippen LogP contribution in [0.2, 0.25) is 0 Å².